The number of rotatable bonds is 4. The van der Waals surface area contributed by atoms with Crippen molar-refractivity contribution in [2.45, 2.75) is 87.5 Å². The number of fused-ring (bicyclic) bond motifs is 2. The lowest BCUT2D eigenvalue weighted by molar-refractivity contribution is -0.503. The number of aliphatic hydroxyl groups is 2. The van der Waals surface area contributed by atoms with Crippen LogP contribution in [0.2, 0.25) is 0 Å². The summed E-state index contributed by atoms with van der Waals surface area (Å²) in [5.74, 6) is -5.34. The zero-order chi connectivity index (χ0) is 21.1. The lowest BCUT2D eigenvalue weighted by Crippen LogP contribution is -2.79. The molecule has 3 fully saturated rings. The number of aliphatic hydroxyl groups excluding tert-OH is 2. The molecule has 2 N–H and O–H groups in total. The molecule has 3 aliphatic rings. The Labute approximate surface area is 164 Å². The van der Waals surface area contributed by atoms with E-state index >= 15 is 0 Å². The molecule has 10 heteroatoms. The van der Waals surface area contributed by atoms with E-state index < -0.39 is 59.8 Å². The SMILES string of the molecule is CO[C@@]1(C)O[C@@H]2[C@@H](O)[C@@H]3O[C@@](C)(OC)[C@](C)(OC)O[C@H]3[C@@H](O)[C@H]2O[C@]1(C)OC. The van der Waals surface area contributed by atoms with E-state index in [0.29, 0.717) is 0 Å². The minimum absolute atomic E-state index is 0.957. The Kier molecular flexibility index (Phi) is 5.64. The van der Waals surface area contributed by atoms with Crippen molar-refractivity contribution in [3.05, 3.63) is 0 Å². The Bertz CT molecular complexity index is 493. The highest BCUT2D eigenvalue weighted by molar-refractivity contribution is 5.09. The molecule has 0 aromatic carbocycles. The summed E-state index contributed by atoms with van der Waals surface area (Å²) in [4.78, 5) is 0. The molecule has 1 aliphatic carbocycles. The topological polar surface area (TPSA) is 114 Å². The smallest absolute Gasteiger partial charge is 0.220 e. The molecule has 0 unspecified atom stereocenters. The van der Waals surface area contributed by atoms with Gasteiger partial charge in [0.1, 0.15) is 36.6 Å². The normalized spacial score (nSPS) is 56.8. The van der Waals surface area contributed by atoms with Gasteiger partial charge in [0.05, 0.1) is 0 Å². The maximum atomic E-state index is 11.0. The van der Waals surface area contributed by atoms with Crippen LogP contribution >= 0.6 is 0 Å². The zero-order valence-electron chi connectivity index (χ0n) is 17.6. The molecular weight excluding hydrogens is 376 g/mol. The molecule has 10 atom stereocenters. The first-order chi connectivity index (χ1) is 12.9. The molecule has 0 amide bonds. The molecule has 0 aromatic heterocycles. The van der Waals surface area contributed by atoms with Gasteiger partial charge in [0.25, 0.3) is 0 Å². The van der Waals surface area contributed by atoms with Crippen molar-refractivity contribution < 1.29 is 48.1 Å². The van der Waals surface area contributed by atoms with Crippen LogP contribution in [0.15, 0.2) is 0 Å². The first-order valence-electron chi connectivity index (χ1n) is 9.23. The van der Waals surface area contributed by atoms with Crippen molar-refractivity contribution in [1.82, 2.24) is 0 Å². The maximum absolute atomic E-state index is 11.0. The highest BCUT2D eigenvalue weighted by atomic mass is 16.8. The van der Waals surface area contributed by atoms with Gasteiger partial charge in [-0.2, -0.15) is 0 Å². The third kappa shape index (κ3) is 2.86. The molecular formula is C18H32O10. The first kappa shape index (κ1) is 22.3. The molecule has 2 saturated heterocycles. The molecule has 28 heavy (non-hydrogen) atoms. The van der Waals surface area contributed by atoms with Gasteiger partial charge in [0, 0.05) is 28.4 Å². The third-order valence-electron chi connectivity index (χ3n) is 6.65. The van der Waals surface area contributed by atoms with Crippen LogP contribution in [0.5, 0.6) is 0 Å². The van der Waals surface area contributed by atoms with Crippen LogP contribution in [-0.4, -0.2) is 98.4 Å². The van der Waals surface area contributed by atoms with E-state index in [1.54, 1.807) is 27.7 Å². The fourth-order valence-corrected chi connectivity index (χ4v) is 4.10. The molecule has 0 aromatic rings. The van der Waals surface area contributed by atoms with Gasteiger partial charge >= 0.3 is 0 Å². The predicted molar refractivity (Wildman–Crippen MR) is 93.2 cm³/mol. The first-order valence-corrected chi connectivity index (χ1v) is 9.23. The molecule has 0 radical (unpaired) electrons. The molecule has 10 nitrogen and oxygen atoms in total. The molecule has 1 saturated carbocycles. The fourth-order valence-electron chi connectivity index (χ4n) is 4.10. The second-order valence-electron chi connectivity index (χ2n) is 7.91. The second kappa shape index (κ2) is 7.09. The minimum Gasteiger partial charge on any atom is -0.387 e. The number of methoxy groups -OCH3 is 4. The lowest BCUT2D eigenvalue weighted by Gasteiger charge is -2.61. The minimum atomic E-state index is -1.34. The van der Waals surface area contributed by atoms with Gasteiger partial charge in [0.2, 0.25) is 23.1 Å². The van der Waals surface area contributed by atoms with Crippen molar-refractivity contribution >= 4 is 0 Å². The Balaban J connectivity index is 1.97. The highest BCUT2D eigenvalue weighted by Crippen LogP contribution is 2.48. The molecule has 0 spiro atoms. The van der Waals surface area contributed by atoms with Crippen LogP contribution in [-0.2, 0) is 37.9 Å². The number of hydrogen-bond acceptors (Lipinski definition) is 10. The van der Waals surface area contributed by atoms with Crippen LogP contribution in [0.3, 0.4) is 0 Å². The van der Waals surface area contributed by atoms with Crippen LogP contribution in [0.1, 0.15) is 27.7 Å². The Morgan fingerprint density at radius 2 is 0.679 bits per heavy atom. The van der Waals surface area contributed by atoms with Gasteiger partial charge in [-0.15, -0.1) is 0 Å². The van der Waals surface area contributed by atoms with E-state index in [1.807, 2.05) is 0 Å². The van der Waals surface area contributed by atoms with Gasteiger partial charge < -0.3 is 48.1 Å². The van der Waals surface area contributed by atoms with Crippen LogP contribution in [0, 0.1) is 0 Å². The lowest BCUT2D eigenvalue weighted by atomic mass is 9.81. The summed E-state index contributed by atoms with van der Waals surface area (Å²) in [6, 6.07) is 0. The largest absolute Gasteiger partial charge is 0.387 e. The summed E-state index contributed by atoms with van der Waals surface area (Å²) in [5, 5.41) is 22.1. The summed E-state index contributed by atoms with van der Waals surface area (Å²) in [7, 11) is 5.78. The summed E-state index contributed by atoms with van der Waals surface area (Å²) < 4.78 is 46.2. The standard InChI is InChI=1S/C18H32O10/c1-15(21-5)16(2,22-6)26-12-10(20)14-13(9(19)11(12)25-15)27-17(3,23-7)18(4,24-8)28-14/h9-14,19-20H,1-8H3/t9-,10+,11-,12-,13+,14+,15+,16+,17-,18-. The summed E-state index contributed by atoms with van der Waals surface area (Å²) in [5.41, 5.74) is 0. The van der Waals surface area contributed by atoms with E-state index in [2.05, 4.69) is 0 Å². The van der Waals surface area contributed by atoms with E-state index in [9.17, 15) is 10.2 Å². The second-order valence-corrected chi connectivity index (χ2v) is 7.91. The Hall–Kier alpha value is -0.400. The van der Waals surface area contributed by atoms with Crippen LogP contribution < -0.4 is 0 Å². The molecule has 164 valence electrons. The molecule has 2 aliphatic heterocycles. The Morgan fingerprint density at radius 1 is 0.500 bits per heavy atom. The van der Waals surface area contributed by atoms with E-state index in [1.165, 1.54) is 28.4 Å². The average Bonchev–Trinajstić information content (AvgIpc) is 2.69. The summed E-state index contributed by atoms with van der Waals surface area (Å²) in [6.07, 6.45) is -6.24. The molecule has 0 bridgehead atoms. The van der Waals surface area contributed by atoms with Gasteiger partial charge in [0.15, 0.2) is 0 Å². The molecule has 3 rings (SSSR count). The zero-order valence-corrected chi connectivity index (χ0v) is 17.6. The van der Waals surface area contributed by atoms with Crippen molar-refractivity contribution in [2.24, 2.45) is 0 Å². The number of ether oxygens (including phenoxy) is 8. The van der Waals surface area contributed by atoms with Gasteiger partial charge in [-0.05, 0) is 27.7 Å². The van der Waals surface area contributed by atoms with Crippen molar-refractivity contribution in [3.63, 3.8) is 0 Å². The third-order valence-corrected chi connectivity index (χ3v) is 6.65. The fraction of sp³-hybridized carbons (Fsp3) is 1.00. The molecule has 2 heterocycles. The van der Waals surface area contributed by atoms with Crippen LogP contribution in [0.4, 0.5) is 0 Å². The monoisotopic (exact) mass is 408 g/mol. The number of hydrogen-bond donors (Lipinski definition) is 2. The quantitative estimate of drug-likeness (QED) is 0.645. The Morgan fingerprint density at radius 3 is 0.821 bits per heavy atom. The van der Waals surface area contributed by atoms with E-state index in [-0.39, 0.29) is 0 Å². The highest BCUT2D eigenvalue weighted by Gasteiger charge is 2.68. The van der Waals surface area contributed by atoms with Crippen molar-refractivity contribution in [1.29, 1.82) is 0 Å². The van der Waals surface area contributed by atoms with Gasteiger partial charge in [-0.1, -0.05) is 0 Å². The van der Waals surface area contributed by atoms with E-state index in [0.717, 1.165) is 0 Å². The van der Waals surface area contributed by atoms with Crippen molar-refractivity contribution in [2.75, 3.05) is 28.4 Å². The maximum Gasteiger partial charge on any atom is 0.220 e. The average molecular weight is 408 g/mol. The van der Waals surface area contributed by atoms with E-state index in [4.69, 9.17) is 37.9 Å². The predicted octanol–water partition coefficient (Wildman–Crippen LogP) is -0.260. The summed E-state index contributed by atoms with van der Waals surface area (Å²) in [6.45, 7) is 6.55. The van der Waals surface area contributed by atoms with Crippen LogP contribution in [0.25, 0.3) is 0 Å². The van der Waals surface area contributed by atoms with Crippen molar-refractivity contribution in [3.8, 4) is 0 Å². The van der Waals surface area contributed by atoms with Gasteiger partial charge in [-0.25, -0.2) is 0 Å². The van der Waals surface area contributed by atoms with Gasteiger partial charge in [-0.3, -0.25) is 0 Å². The summed E-state index contributed by atoms with van der Waals surface area (Å²) >= 11 is 0.